The molecule has 3 N–H and O–H groups in total. The molecular weight excluding hydrogens is 300 g/mol. The van der Waals surface area contributed by atoms with E-state index in [1.54, 1.807) is 0 Å². The Bertz CT molecular complexity index is 610. The lowest BCUT2D eigenvalue weighted by atomic mass is 9.88. The molecule has 0 spiro atoms. The predicted octanol–water partition coefficient (Wildman–Crippen LogP) is 2.51. The lowest BCUT2D eigenvalue weighted by molar-refractivity contribution is -0.120. The molecule has 7 heteroatoms. The van der Waals surface area contributed by atoms with Crippen LogP contribution < -0.4 is 10.5 Å². The summed E-state index contributed by atoms with van der Waals surface area (Å²) in [5.41, 5.74) is 0.412. The molecule has 20 heavy (non-hydrogen) atoms. The smallest absolute Gasteiger partial charge is 0.238 e. The minimum atomic E-state index is -3.79. The Kier molecular flexibility index (Phi) is 4.67. The Balaban J connectivity index is 2.11. The van der Waals surface area contributed by atoms with Crippen molar-refractivity contribution in [3.63, 3.8) is 0 Å². The molecule has 2 rings (SSSR count). The maximum absolute atomic E-state index is 12.1. The average molecular weight is 317 g/mol. The van der Waals surface area contributed by atoms with E-state index < -0.39 is 10.0 Å². The van der Waals surface area contributed by atoms with Crippen LogP contribution in [-0.2, 0) is 14.8 Å². The van der Waals surface area contributed by atoms with E-state index in [1.165, 1.54) is 24.6 Å². The van der Waals surface area contributed by atoms with Gasteiger partial charge in [0.2, 0.25) is 15.9 Å². The van der Waals surface area contributed by atoms with Gasteiger partial charge in [-0.3, -0.25) is 4.79 Å². The molecule has 0 radical (unpaired) electrons. The highest BCUT2D eigenvalue weighted by Gasteiger charge is 2.22. The number of sulfonamides is 1. The van der Waals surface area contributed by atoms with Gasteiger partial charge in [0.25, 0.3) is 0 Å². The Labute approximate surface area is 123 Å². The van der Waals surface area contributed by atoms with Gasteiger partial charge >= 0.3 is 0 Å². The van der Waals surface area contributed by atoms with Gasteiger partial charge in [0.15, 0.2) is 0 Å². The van der Waals surface area contributed by atoms with Crippen LogP contribution in [-0.4, -0.2) is 14.3 Å². The second-order valence-electron chi connectivity index (χ2n) is 5.01. The van der Waals surface area contributed by atoms with Crippen molar-refractivity contribution in [2.45, 2.75) is 37.0 Å². The van der Waals surface area contributed by atoms with E-state index in [4.69, 9.17) is 16.7 Å². The van der Waals surface area contributed by atoms with E-state index in [-0.39, 0.29) is 21.7 Å². The molecule has 5 nitrogen and oxygen atoms in total. The molecular formula is C13H17ClN2O3S. The van der Waals surface area contributed by atoms with Crippen LogP contribution in [0.5, 0.6) is 0 Å². The molecule has 0 bridgehead atoms. The quantitative estimate of drug-likeness (QED) is 0.897. The summed E-state index contributed by atoms with van der Waals surface area (Å²) in [7, 11) is -3.79. The summed E-state index contributed by atoms with van der Waals surface area (Å²) in [5.74, 6) is -0.0484. The van der Waals surface area contributed by atoms with Gasteiger partial charge in [-0.15, -0.1) is 0 Å². The summed E-state index contributed by atoms with van der Waals surface area (Å²) in [6.07, 6.45) is 5.08. The Morgan fingerprint density at radius 3 is 2.45 bits per heavy atom. The highest BCUT2D eigenvalue weighted by Crippen LogP contribution is 2.28. The van der Waals surface area contributed by atoms with Crippen LogP contribution in [0, 0.1) is 5.92 Å². The fourth-order valence-electron chi connectivity index (χ4n) is 2.37. The molecule has 1 aliphatic carbocycles. The summed E-state index contributed by atoms with van der Waals surface area (Å²) >= 11 is 5.98. The van der Waals surface area contributed by atoms with Crippen molar-refractivity contribution in [1.82, 2.24) is 0 Å². The fourth-order valence-corrected chi connectivity index (χ4v) is 3.21. The van der Waals surface area contributed by atoms with Crippen LogP contribution in [0.1, 0.15) is 32.1 Å². The largest absolute Gasteiger partial charge is 0.325 e. The number of carbonyl (C=O) groups excluding carboxylic acids is 1. The first kappa shape index (κ1) is 15.3. The lowest BCUT2D eigenvalue weighted by Gasteiger charge is -2.21. The second-order valence-corrected chi connectivity index (χ2v) is 6.98. The Morgan fingerprint density at radius 1 is 1.25 bits per heavy atom. The molecule has 1 amide bonds. The molecule has 0 aliphatic heterocycles. The van der Waals surface area contributed by atoms with Gasteiger partial charge in [0, 0.05) is 5.92 Å². The standard InChI is InChI=1S/C13H17ClN2O3S/c14-11-8-10(20(15,18)19)6-7-12(11)16-13(17)9-4-2-1-3-5-9/h6-9H,1-5H2,(H,16,17)(H2,15,18,19). The Morgan fingerprint density at radius 2 is 1.90 bits per heavy atom. The van der Waals surface area contributed by atoms with E-state index >= 15 is 0 Å². The number of nitrogens with one attached hydrogen (secondary N) is 1. The Hall–Kier alpha value is -1.11. The highest BCUT2D eigenvalue weighted by atomic mass is 35.5. The maximum Gasteiger partial charge on any atom is 0.238 e. The number of amides is 1. The zero-order chi connectivity index (χ0) is 14.8. The number of hydrogen-bond donors (Lipinski definition) is 2. The number of nitrogens with two attached hydrogens (primary N) is 1. The van der Waals surface area contributed by atoms with Gasteiger partial charge in [-0.2, -0.15) is 0 Å². The molecule has 0 heterocycles. The van der Waals surface area contributed by atoms with Crippen molar-refractivity contribution in [2.24, 2.45) is 11.1 Å². The van der Waals surface area contributed by atoms with E-state index in [1.807, 2.05) is 0 Å². The zero-order valence-corrected chi connectivity index (χ0v) is 12.5. The minimum absolute atomic E-state index is 0.0118. The second kappa shape index (κ2) is 6.11. The van der Waals surface area contributed by atoms with Crippen molar-refractivity contribution in [3.8, 4) is 0 Å². The third-order valence-corrected chi connectivity index (χ3v) is 4.73. The third-order valence-electron chi connectivity index (χ3n) is 3.50. The zero-order valence-electron chi connectivity index (χ0n) is 10.9. The average Bonchev–Trinajstić information content (AvgIpc) is 2.41. The summed E-state index contributed by atoms with van der Waals surface area (Å²) < 4.78 is 22.4. The van der Waals surface area contributed by atoms with Gasteiger partial charge in [0.1, 0.15) is 0 Å². The number of benzene rings is 1. The molecule has 1 aliphatic rings. The molecule has 1 fully saturated rings. The topological polar surface area (TPSA) is 89.3 Å². The summed E-state index contributed by atoms with van der Waals surface area (Å²) in [6, 6.07) is 4.04. The molecule has 110 valence electrons. The SMILES string of the molecule is NS(=O)(=O)c1ccc(NC(=O)C2CCCCC2)c(Cl)c1. The third kappa shape index (κ3) is 3.71. The van der Waals surface area contributed by atoms with Crippen LogP contribution in [0.4, 0.5) is 5.69 Å². The van der Waals surface area contributed by atoms with Crippen molar-refractivity contribution in [3.05, 3.63) is 23.2 Å². The number of anilines is 1. The molecule has 1 aromatic rings. The van der Waals surface area contributed by atoms with E-state index in [0.717, 1.165) is 25.7 Å². The van der Waals surface area contributed by atoms with Crippen LogP contribution in [0.15, 0.2) is 23.1 Å². The first-order valence-electron chi connectivity index (χ1n) is 6.51. The van der Waals surface area contributed by atoms with Gasteiger partial charge in [-0.1, -0.05) is 30.9 Å². The van der Waals surface area contributed by atoms with E-state index in [9.17, 15) is 13.2 Å². The first-order valence-corrected chi connectivity index (χ1v) is 8.43. The lowest BCUT2D eigenvalue weighted by Crippen LogP contribution is -2.24. The van der Waals surface area contributed by atoms with Gasteiger partial charge in [-0.25, -0.2) is 13.6 Å². The van der Waals surface area contributed by atoms with Gasteiger partial charge < -0.3 is 5.32 Å². The number of primary sulfonamides is 1. The van der Waals surface area contributed by atoms with Crippen molar-refractivity contribution < 1.29 is 13.2 Å². The number of hydrogen-bond acceptors (Lipinski definition) is 3. The van der Waals surface area contributed by atoms with Crippen LogP contribution in [0.2, 0.25) is 5.02 Å². The molecule has 1 saturated carbocycles. The predicted molar refractivity (Wildman–Crippen MR) is 78.0 cm³/mol. The normalized spacial score (nSPS) is 16.9. The highest BCUT2D eigenvalue weighted by molar-refractivity contribution is 7.89. The van der Waals surface area contributed by atoms with Gasteiger partial charge in [0.05, 0.1) is 15.6 Å². The van der Waals surface area contributed by atoms with Crippen molar-refractivity contribution in [2.75, 3.05) is 5.32 Å². The maximum atomic E-state index is 12.1. The monoisotopic (exact) mass is 316 g/mol. The number of carbonyl (C=O) groups is 1. The summed E-state index contributed by atoms with van der Waals surface area (Å²) in [4.78, 5) is 12.0. The van der Waals surface area contributed by atoms with Crippen molar-refractivity contribution >= 4 is 33.2 Å². The van der Waals surface area contributed by atoms with E-state index in [0.29, 0.717) is 5.69 Å². The molecule has 0 atom stereocenters. The minimum Gasteiger partial charge on any atom is -0.325 e. The van der Waals surface area contributed by atoms with Crippen LogP contribution in [0.25, 0.3) is 0 Å². The number of rotatable bonds is 3. The molecule has 1 aromatic carbocycles. The first-order chi connectivity index (χ1) is 9.38. The van der Waals surface area contributed by atoms with Gasteiger partial charge in [-0.05, 0) is 31.0 Å². The molecule has 0 unspecified atom stereocenters. The van der Waals surface area contributed by atoms with Crippen molar-refractivity contribution in [1.29, 1.82) is 0 Å². The van der Waals surface area contributed by atoms with Crippen LogP contribution in [0.3, 0.4) is 0 Å². The summed E-state index contributed by atoms with van der Waals surface area (Å²) in [6.45, 7) is 0. The summed E-state index contributed by atoms with van der Waals surface area (Å²) in [5, 5.41) is 7.94. The fraction of sp³-hybridized carbons (Fsp3) is 0.462. The van der Waals surface area contributed by atoms with Crippen LogP contribution >= 0.6 is 11.6 Å². The number of halogens is 1. The van der Waals surface area contributed by atoms with E-state index in [2.05, 4.69) is 5.32 Å². The molecule has 0 saturated heterocycles. The molecule has 0 aromatic heterocycles.